The van der Waals surface area contributed by atoms with E-state index in [4.69, 9.17) is 18.9 Å². The van der Waals surface area contributed by atoms with Crippen LogP contribution in [0.3, 0.4) is 0 Å². The van der Waals surface area contributed by atoms with E-state index in [-0.39, 0.29) is 18.9 Å². The van der Waals surface area contributed by atoms with Gasteiger partial charge < -0.3 is 65.1 Å². The van der Waals surface area contributed by atoms with Crippen molar-refractivity contribution in [1.82, 2.24) is 5.32 Å². The SMILES string of the molecule is CCCCCCC/C=C\C/C=C\CCCCCCCCCCCCCCCCCCCC(=O)NC(COC1OC(CO)C(OC2OC(CO)C(O)C(O)C2O)C(O)C1O)C(O)/C=C/CC/C=C/CC/C=C/CCCCCCCCCCCCCCC. The third-order valence-electron chi connectivity index (χ3n) is 17.2. The van der Waals surface area contributed by atoms with E-state index >= 15 is 0 Å². The fourth-order valence-corrected chi connectivity index (χ4v) is 11.5. The number of nitrogens with one attached hydrogen (secondary N) is 1. The Morgan fingerprint density at radius 1 is 0.419 bits per heavy atom. The van der Waals surface area contributed by atoms with Crippen LogP contribution in [0, 0.1) is 0 Å². The number of carbonyl (C=O) groups is 1. The maximum atomic E-state index is 13.3. The van der Waals surface area contributed by atoms with E-state index in [1.807, 2.05) is 6.08 Å². The summed E-state index contributed by atoms with van der Waals surface area (Å²) in [5, 5.41) is 87.4. The molecular formula is C72H131NO13. The molecule has 14 nitrogen and oxygen atoms in total. The van der Waals surface area contributed by atoms with Gasteiger partial charge in [-0.3, -0.25) is 4.79 Å². The summed E-state index contributed by atoms with van der Waals surface area (Å²) < 4.78 is 22.8. The first-order chi connectivity index (χ1) is 42.1. The number of rotatable bonds is 58. The molecule has 14 heteroatoms. The molecule has 0 aromatic rings. The number of carbonyl (C=O) groups excluding carboxylic acids is 1. The Balaban J connectivity index is 1.69. The molecular weight excluding hydrogens is 1090 g/mol. The topological polar surface area (TPSA) is 228 Å². The summed E-state index contributed by atoms with van der Waals surface area (Å²) in [5.74, 6) is -0.250. The van der Waals surface area contributed by atoms with Crippen LogP contribution in [0.1, 0.15) is 296 Å². The van der Waals surface area contributed by atoms with Crippen LogP contribution >= 0.6 is 0 Å². The number of hydrogen-bond acceptors (Lipinski definition) is 13. The number of aliphatic hydroxyl groups excluding tert-OH is 8. The zero-order valence-corrected chi connectivity index (χ0v) is 54.6. The van der Waals surface area contributed by atoms with Gasteiger partial charge in [0.15, 0.2) is 12.6 Å². The molecule has 0 saturated carbocycles. The van der Waals surface area contributed by atoms with Crippen molar-refractivity contribution in [2.45, 2.75) is 370 Å². The molecule has 0 spiro atoms. The van der Waals surface area contributed by atoms with Gasteiger partial charge in [-0.25, -0.2) is 0 Å². The van der Waals surface area contributed by atoms with Gasteiger partial charge in [0.25, 0.3) is 0 Å². The molecule has 0 aromatic heterocycles. The summed E-state index contributed by atoms with van der Waals surface area (Å²) in [6.07, 6.45) is 58.5. The fraction of sp³-hybridized carbons (Fsp3) is 0.847. The number of allylic oxidation sites excluding steroid dienone is 9. The molecule has 0 aromatic carbocycles. The third kappa shape index (κ3) is 40.4. The van der Waals surface area contributed by atoms with Crippen LogP contribution in [0.5, 0.6) is 0 Å². The average molecular weight is 1220 g/mol. The molecule has 2 aliphatic rings. The second kappa shape index (κ2) is 56.7. The van der Waals surface area contributed by atoms with E-state index in [1.165, 1.54) is 212 Å². The number of amides is 1. The van der Waals surface area contributed by atoms with Gasteiger partial charge in [0.2, 0.25) is 5.91 Å². The Labute approximate surface area is 524 Å². The standard InChI is InChI=1S/C72H131NO13/c1-3-5-7-9-11-13-15-17-19-21-23-25-27-28-29-30-31-32-34-36-38-40-42-44-46-48-50-52-54-56-64(77)73-60(59-83-71-69(82)67(80)70(63(58-75)85-71)86-72-68(81)66(79)65(78)62(57-74)84-72)61(76)55-53-51-49-47-45-43-41-39-37-35-33-26-24-22-20-18-16-14-12-10-8-6-4-2/h15,17,21,23,37,39,45,47,53,55,60-63,65-72,74-76,78-82H,3-14,16,18-20,22,24-36,38,40-44,46,48-52,54,56-59H2,1-2H3,(H,73,77)/b17-15-,23-21-,39-37+,47-45+,55-53+. The Morgan fingerprint density at radius 3 is 1.21 bits per heavy atom. The number of ether oxygens (including phenoxy) is 4. The van der Waals surface area contributed by atoms with Gasteiger partial charge in [-0.1, -0.05) is 274 Å². The third-order valence-corrected chi connectivity index (χ3v) is 17.2. The van der Waals surface area contributed by atoms with Crippen molar-refractivity contribution < 1.29 is 64.6 Å². The van der Waals surface area contributed by atoms with E-state index in [0.29, 0.717) is 12.8 Å². The first-order valence-electron chi connectivity index (χ1n) is 35.5. The average Bonchev–Trinajstić information content (AvgIpc) is 2.53. The Bertz CT molecular complexity index is 1670. The maximum absolute atomic E-state index is 13.3. The van der Waals surface area contributed by atoms with E-state index in [1.54, 1.807) is 6.08 Å². The van der Waals surface area contributed by atoms with Gasteiger partial charge >= 0.3 is 0 Å². The van der Waals surface area contributed by atoms with Crippen LogP contribution in [0.25, 0.3) is 0 Å². The molecule has 0 aliphatic carbocycles. The Hall–Kier alpha value is -2.31. The lowest BCUT2D eigenvalue weighted by Crippen LogP contribution is -2.65. The highest BCUT2D eigenvalue weighted by atomic mass is 16.7. The molecule has 1 amide bonds. The van der Waals surface area contributed by atoms with E-state index in [0.717, 1.165) is 51.4 Å². The first-order valence-corrected chi connectivity index (χ1v) is 35.5. The molecule has 12 unspecified atom stereocenters. The molecule has 0 radical (unpaired) electrons. The van der Waals surface area contributed by atoms with Crippen molar-refractivity contribution in [2.24, 2.45) is 0 Å². The van der Waals surface area contributed by atoms with Crippen molar-refractivity contribution in [3.63, 3.8) is 0 Å². The second-order valence-corrected chi connectivity index (χ2v) is 25.0. The highest BCUT2D eigenvalue weighted by Gasteiger charge is 2.51. The Morgan fingerprint density at radius 2 is 0.779 bits per heavy atom. The van der Waals surface area contributed by atoms with Gasteiger partial charge in [-0.2, -0.15) is 0 Å². The minimum atomic E-state index is -1.79. The van der Waals surface area contributed by atoms with Crippen LogP contribution < -0.4 is 5.32 Å². The maximum Gasteiger partial charge on any atom is 0.220 e. The van der Waals surface area contributed by atoms with Crippen LogP contribution in [0.15, 0.2) is 60.8 Å². The zero-order valence-electron chi connectivity index (χ0n) is 54.6. The molecule has 9 N–H and O–H groups in total. The monoisotopic (exact) mass is 1220 g/mol. The van der Waals surface area contributed by atoms with Gasteiger partial charge in [0.05, 0.1) is 32.0 Å². The van der Waals surface area contributed by atoms with Crippen molar-refractivity contribution in [1.29, 1.82) is 0 Å². The summed E-state index contributed by atoms with van der Waals surface area (Å²) >= 11 is 0. The zero-order chi connectivity index (χ0) is 62.3. The highest BCUT2D eigenvalue weighted by Crippen LogP contribution is 2.30. The van der Waals surface area contributed by atoms with Crippen LogP contribution in [-0.2, 0) is 23.7 Å². The first kappa shape index (κ1) is 79.8. The van der Waals surface area contributed by atoms with Crippen molar-refractivity contribution in [3.05, 3.63) is 60.8 Å². The molecule has 2 heterocycles. The van der Waals surface area contributed by atoms with E-state index < -0.39 is 86.8 Å². The predicted octanol–water partition coefficient (Wildman–Crippen LogP) is 14.5. The normalized spacial score (nSPS) is 23.7. The molecule has 2 rings (SSSR count). The van der Waals surface area contributed by atoms with Crippen molar-refractivity contribution >= 4 is 5.91 Å². The largest absolute Gasteiger partial charge is 0.394 e. The molecule has 0 bridgehead atoms. The minimum Gasteiger partial charge on any atom is -0.394 e. The molecule has 86 heavy (non-hydrogen) atoms. The summed E-state index contributed by atoms with van der Waals surface area (Å²) in [5.41, 5.74) is 0. The minimum absolute atomic E-state index is 0.250. The van der Waals surface area contributed by atoms with E-state index in [9.17, 15) is 45.6 Å². The van der Waals surface area contributed by atoms with Gasteiger partial charge in [-0.05, 0) is 77.0 Å². The molecule has 2 aliphatic heterocycles. The lowest BCUT2D eigenvalue weighted by atomic mass is 9.97. The lowest BCUT2D eigenvalue weighted by molar-refractivity contribution is -0.359. The van der Waals surface area contributed by atoms with Gasteiger partial charge in [-0.15, -0.1) is 0 Å². The van der Waals surface area contributed by atoms with Crippen LogP contribution in [0.2, 0.25) is 0 Å². The molecule has 12 atom stereocenters. The summed E-state index contributed by atoms with van der Waals surface area (Å²) in [6.45, 7) is 2.80. The predicted molar refractivity (Wildman–Crippen MR) is 350 cm³/mol. The lowest BCUT2D eigenvalue weighted by Gasteiger charge is -2.46. The van der Waals surface area contributed by atoms with E-state index in [2.05, 4.69) is 67.8 Å². The fourth-order valence-electron chi connectivity index (χ4n) is 11.5. The Kier molecular flexibility index (Phi) is 52.6. The summed E-state index contributed by atoms with van der Waals surface area (Å²) in [6, 6.07) is -0.940. The molecule has 2 saturated heterocycles. The molecule has 2 fully saturated rings. The van der Waals surface area contributed by atoms with Crippen LogP contribution in [0.4, 0.5) is 0 Å². The number of hydrogen-bond donors (Lipinski definition) is 9. The number of unbranched alkanes of at least 4 members (excludes halogenated alkanes) is 37. The van der Waals surface area contributed by atoms with Crippen LogP contribution in [-0.4, -0.2) is 140 Å². The second-order valence-electron chi connectivity index (χ2n) is 25.0. The van der Waals surface area contributed by atoms with Gasteiger partial charge in [0.1, 0.15) is 48.8 Å². The summed E-state index contributed by atoms with van der Waals surface area (Å²) in [4.78, 5) is 13.3. The summed E-state index contributed by atoms with van der Waals surface area (Å²) in [7, 11) is 0. The smallest absolute Gasteiger partial charge is 0.220 e. The van der Waals surface area contributed by atoms with Gasteiger partial charge in [0, 0.05) is 6.42 Å². The molecule has 502 valence electrons. The van der Waals surface area contributed by atoms with Crippen molar-refractivity contribution in [2.75, 3.05) is 19.8 Å². The number of aliphatic hydroxyl groups is 8. The van der Waals surface area contributed by atoms with Crippen molar-refractivity contribution in [3.8, 4) is 0 Å². The highest BCUT2D eigenvalue weighted by molar-refractivity contribution is 5.76. The quantitative estimate of drug-likeness (QED) is 0.0204.